The summed E-state index contributed by atoms with van der Waals surface area (Å²) in [6, 6.07) is 83.5. The lowest BCUT2D eigenvalue weighted by Gasteiger charge is -2.26. The number of benzene rings is 8. The minimum atomic E-state index is -0.643. The van der Waals surface area contributed by atoms with Crippen molar-refractivity contribution in [2.75, 3.05) is 0 Å². The van der Waals surface area contributed by atoms with E-state index in [1.165, 1.54) is 59.6 Å². The Morgan fingerprint density at radius 2 is 0.463 bits per heavy atom. The lowest BCUT2D eigenvalue weighted by molar-refractivity contribution is 1.29. The first kappa shape index (κ1) is 36.0. The summed E-state index contributed by atoms with van der Waals surface area (Å²) in [5.41, 5.74) is 7.06. The van der Waals surface area contributed by atoms with Crippen LogP contribution in [0.25, 0.3) is 11.1 Å². The molecule has 0 spiro atoms. The maximum absolute atomic E-state index is 2.42. The molecule has 0 bridgehead atoms. The molecule has 54 heavy (non-hydrogen) atoms. The molecular formula is C51H43P3. The first-order chi connectivity index (χ1) is 26.8. The van der Waals surface area contributed by atoms with Gasteiger partial charge in [0.25, 0.3) is 0 Å². The fourth-order valence-corrected chi connectivity index (χ4v) is 14.3. The van der Waals surface area contributed by atoms with E-state index in [1.54, 1.807) is 0 Å². The van der Waals surface area contributed by atoms with Gasteiger partial charge in [0.05, 0.1) is 0 Å². The van der Waals surface area contributed by atoms with Crippen molar-refractivity contribution in [3.63, 3.8) is 0 Å². The van der Waals surface area contributed by atoms with E-state index >= 15 is 0 Å². The van der Waals surface area contributed by atoms with Gasteiger partial charge in [-0.2, -0.15) is 0 Å². The predicted octanol–water partition coefficient (Wildman–Crippen LogP) is 11.3. The van der Waals surface area contributed by atoms with Crippen molar-refractivity contribution in [1.29, 1.82) is 0 Å². The second-order valence-corrected chi connectivity index (χ2v) is 20.0. The largest absolute Gasteiger partial charge is 0.0622 e. The van der Waals surface area contributed by atoms with Crippen LogP contribution in [0.5, 0.6) is 0 Å². The van der Waals surface area contributed by atoms with E-state index in [0.29, 0.717) is 0 Å². The van der Waals surface area contributed by atoms with E-state index in [-0.39, 0.29) is 0 Å². The van der Waals surface area contributed by atoms with Gasteiger partial charge in [-0.05, 0) is 83.4 Å². The second kappa shape index (κ2) is 17.9. The van der Waals surface area contributed by atoms with Crippen LogP contribution in [0.1, 0.15) is 16.7 Å². The molecular weight excluding hydrogens is 705 g/mol. The molecule has 8 aromatic carbocycles. The Morgan fingerprint density at radius 3 is 0.778 bits per heavy atom. The van der Waals surface area contributed by atoms with Crippen molar-refractivity contribution in [3.05, 3.63) is 241 Å². The van der Waals surface area contributed by atoms with Crippen LogP contribution in [0.4, 0.5) is 0 Å². The van der Waals surface area contributed by atoms with Crippen LogP contribution in [0, 0.1) is 0 Å². The van der Waals surface area contributed by atoms with E-state index in [4.69, 9.17) is 0 Å². The molecule has 3 heteroatoms. The van der Waals surface area contributed by atoms with Gasteiger partial charge in [-0.3, -0.25) is 0 Å². The minimum absolute atomic E-state index is 0.623. The zero-order valence-corrected chi connectivity index (χ0v) is 33.0. The summed E-state index contributed by atoms with van der Waals surface area (Å²) in [6.07, 6.45) is 2.93. The number of rotatable bonds is 13. The smallest absolute Gasteiger partial charge is 0.00137 e. The normalized spacial score (nSPS) is 11.3. The molecule has 0 atom stereocenters. The van der Waals surface area contributed by atoms with Crippen LogP contribution in [0.15, 0.2) is 224 Å². The molecule has 0 saturated carbocycles. The molecule has 0 nitrogen and oxygen atoms in total. The minimum Gasteiger partial charge on any atom is -0.0622 e. The van der Waals surface area contributed by atoms with Crippen LogP contribution < -0.4 is 31.8 Å². The monoisotopic (exact) mass is 748 g/mol. The van der Waals surface area contributed by atoms with Crippen molar-refractivity contribution >= 4 is 55.6 Å². The molecule has 0 aliphatic rings. The van der Waals surface area contributed by atoms with E-state index in [0.717, 1.165) is 18.5 Å². The molecule has 0 aromatic heterocycles. The maximum Gasteiger partial charge on any atom is 0.00137 e. The summed E-state index contributed by atoms with van der Waals surface area (Å²) in [7, 11) is -1.91. The summed E-state index contributed by atoms with van der Waals surface area (Å²) in [5, 5.41) is 8.48. The SMILES string of the molecule is c1ccc(P(Cc2ccccc2-c2c(CP(c3ccccc3)c3ccccc3)cccc2CP(c2ccccc2)c2ccccc2)c2ccccc2)cc1. The molecule has 0 fully saturated rings. The van der Waals surface area contributed by atoms with Gasteiger partial charge in [0, 0.05) is 18.5 Å². The standard InChI is InChI=1S/C51H43P3/c1-7-25-44(26-8-1)52(45-27-9-2-10-28-45)38-41-22-19-20-37-50(41)51-42(39-53(46-29-11-3-12-30-46)47-31-13-4-14-32-47)23-21-24-43(51)40-54(48-33-15-5-16-34-48)49-35-17-6-18-36-49/h1-37H,38-40H2. The Labute approximate surface area is 324 Å². The third-order valence-corrected chi connectivity index (χ3v) is 17.4. The fraction of sp³-hybridized carbons (Fsp3) is 0.0588. The highest BCUT2D eigenvalue weighted by atomic mass is 31.1. The fourth-order valence-electron chi connectivity index (χ4n) is 7.32. The van der Waals surface area contributed by atoms with E-state index in [9.17, 15) is 0 Å². The summed E-state index contributed by atoms with van der Waals surface area (Å²) in [6.45, 7) is 0. The average Bonchev–Trinajstić information content (AvgIpc) is 3.26. The zero-order chi connectivity index (χ0) is 36.4. The Kier molecular flexibility index (Phi) is 12.0. The van der Waals surface area contributed by atoms with Crippen molar-refractivity contribution in [1.82, 2.24) is 0 Å². The summed E-state index contributed by atoms with van der Waals surface area (Å²) in [4.78, 5) is 0. The molecule has 0 aliphatic carbocycles. The summed E-state index contributed by atoms with van der Waals surface area (Å²) < 4.78 is 0. The molecule has 8 rings (SSSR count). The van der Waals surface area contributed by atoms with Gasteiger partial charge in [0.15, 0.2) is 0 Å². The first-order valence-electron chi connectivity index (χ1n) is 18.6. The quantitative estimate of drug-likeness (QED) is 0.103. The zero-order valence-electron chi connectivity index (χ0n) is 30.3. The van der Waals surface area contributed by atoms with Crippen LogP contribution in [0.2, 0.25) is 0 Å². The van der Waals surface area contributed by atoms with Gasteiger partial charge < -0.3 is 0 Å². The van der Waals surface area contributed by atoms with Crippen molar-refractivity contribution in [3.8, 4) is 11.1 Å². The molecule has 0 amide bonds. The van der Waals surface area contributed by atoms with Crippen molar-refractivity contribution in [2.24, 2.45) is 0 Å². The molecule has 0 saturated heterocycles. The summed E-state index contributed by atoms with van der Waals surface area (Å²) in [5.74, 6) is 0. The van der Waals surface area contributed by atoms with E-state index < -0.39 is 23.8 Å². The molecule has 0 aliphatic heterocycles. The maximum atomic E-state index is 2.42. The Balaban J connectivity index is 1.30. The number of hydrogen-bond donors (Lipinski definition) is 0. The molecule has 0 N–H and O–H groups in total. The predicted molar refractivity (Wildman–Crippen MR) is 240 cm³/mol. The van der Waals surface area contributed by atoms with Gasteiger partial charge in [0.1, 0.15) is 0 Å². The highest BCUT2D eigenvalue weighted by Crippen LogP contribution is 2.48. The molecule has 0 heterocycles. The van der Waals surface area contributed by atoms with Crippen molar-refractivity contribution in [2.45, 2.75) is 18.5 Å². The Morgan fingerprint density at radius 1 is 0.222 bits per heavy atom. The number of hydrogen-bond acceptors (Lipinski definition) is 0. The highest BCUT2D eigenvalue weighted by Gasteiger charge is 2.24. The van der Waals surface area contributed by atoms with E-state index in [2.05, 4.69) is 224 Å². The van der Waals surface area contributed by atoms with Gasteiger partial charge in [0.2, 0.25) is 0 Å². The lowest BCUT2D eigenvalue weighted by Crippen LogP contribution is -2.15. The van der Waals surface area contributed by atoms with Gasteiger partial charge in [-0.1, -0.05) is 224 Å². The topological polar surface area (TPSA) is 0 Å². The van der Waals surface area contributed by atoms with Crippen LogP contribution >= 0.6 is 23.8 Å². The third-order valence-electron chi connectivity index (χ3n) is 9.92. The molecule has 0 radical (unpaired) electrons. The molecule has 0 unspecified atom stereocenters. The Hall–Kier alpha value is -4.95. The average molecular weight is 749 g/mol. The first-order valence-corrected chi connectivity index (χ1v) is 23.2. The third kappa shape index (κ3) is 8.55. The van der Waals surface area contributed by atoms with Crippen LogP contribution in [0.3, 0.4) is 0 Å². The van der Waals surface area contributed by atoms with Gasteiger partial charge in [-0.15, -0.1) is 0 Å². The summed E-state index contributed by atoms with van der Waals surface area (Å²) >= 11 is 0. The van der Waals surface area contributed by atoms with Crippen LogP contribution in [-0.2, 0) is 18.5 Å². The highest BCUT2D eigenvalue weighted by molar-refractivity contribution is 7.73. The van der Waals surface area contributed by atoms with Gasteiger partial charge >= 0.3 is 0 Å². The van der Waals surface area contributed by atoms with Gasteiger partial charge in [-0.25, -0.2) is 0 Å². The second-order valence-electron chi connectivity index (χ2n) is 13.4. The van der Waals surface area contributed by atoms with E-state index in [1.807, 2.05) is 0 Å². The Bertz CT molecular complexity index is 2130. The lowest BCUT2D eigenvalue weighted by atomic mass is 9.92. The van der Waals surface area contributed by atoms with Crippen LogP contribution in [-0.4, -0.2) is 0 Å². The van der Waals surface area contributed by atoms with Crippen molar-refractivity contribution < 1.29 is 0 Å². The molecule has 8 aromatic rings. The molecule has 262 valence electrons.